The number of aromatic nitrogens is 1. The third kappa shape index (κ3) is 4.21. The molecule has 2 rings (SSSR count). The van der Waals surface area contributed by atoms with Crippen LogP contribution in [0.2, 0.25) is 0 Å². The topological polar surface area (TPSA) is 62.2 Å². The summed E-state index contributed by atoms with van der Waals surface area (Å²) >= 11 is 0. The zero-order valence-electron chi connectivity index (χ0n) is 13.5. The molecule has 1 atom stereocenters. The molecule has 0 aliphatic heterocycles. The van der Waals surface area contributed by atoms with E-state index in [-0.39, 0.29) is 17.7 Å². The first-order valence-corrected chi connectivity index (χ1v) is 7.31. The minimum absolute atomic E-state index is 0.00572. The Bertz CT molecular complexity index is 882. The SMILES string of the molecule is O=C(NCc1cncc(C(F)(F)F)c1)[C@@](O)(c1ccc(F)c(F)c1)C(F)(F)F. The Kier molecular flexibility index (Phi) is 5.64. The van der Waals surface area contributed by atoms with E-state index in [1.165, 1.54) is 0 Å². The molecule has 12 heteroatoms. The molecule has 0 aliphatic rings. The van der Waals surface area contributed by atoms with Crippen LogP contribution >= 0.6 is 0 Å². The number of rotatable bonds is 4. The number of carbonyl (C=O) groups excluding carboxylic acids is 1. The van der Waals surface area contributed by atoms with Gasteiger partial charge < -0.3 is 10.4 Å². The van der Waals surface area contributed by atoms with E-state index >= 15 is 0 Å². The van der Waals surface area contributed by atoms with E-state index in [2.05, 4.69) is 4.98 Å². The molecule has 2 aromatic rings. The van der Waals surface area contributed by atoms with Crippen LogP contribution in [0.25, 0.3) is 0 Å². The summed E-state index contributed by atoms with van der Waals surface area (Å²) in [6, 6.07) is 1.18. The predicted octanol–water partition coefficient (Wildman–Crippen LogP) is 3.44. The number of aliphatic hydroxyl groups is 1. The number of halogens is 8. The van der Waals surface area contributed by atoms with Gasteiger partial charge in [0.1, 0.15) is 0 Å². The molecular formula is C16H10F8N2O2. The van der Waals surface area contributed by atoms with Gasteiger partial charge in [-0.25, -0.2) is 8.78 Å². The lowest BCUT2D eigenvalue weighted by atomic mass is 9.91. The third-order valence-corrected chi connectivity index (χ3v) is 3.65. The van der Waals surface area contributed by atoms with Crippen molar-refractivity contribution in [2.75, 3.05) is 0 Å². The molecule has 0 unspecified atom stereocenters. The fourth-order valence-electron chi connectivity index (χ4n) is 2.19. The largest absolute Gasteiger partial charge is 0.430 e. The number of hydrogen-bond donors (Lipinski definition) is 2. The minimum Gasteiger partial charge on any atom is -0.369 e. The van der Waals surface area contributed by atoms with Crippen LogP contribution in [0.3, 0.4) is 0 Å². The van der Waals surface area contributed by atoms with Gasteiger partial charge in [0.05, 0.1) is 5.56 Å². The van der Waals surface area contributed by atoms with Gasteiger partial charge in [-0.3, -0.25) is 9.78 Å². The second-order valence-electron chi connectivity index (χ2n) is 5.60. The molecule has 1 aromatic heterocycles. The van der Waals surface area contributed by atoms with Crippen molar-refractivity contribution < 1.29 is 45.0 Å². The van der Waals surface area contributed by atoms with E-state index < -0.39 is 53.2 Å². The molecule has 1 heterocycles. The maximum atomic E-state index is 13.3. The van der Waals surface area contributed by atoms with Crippen molar-refractivity contribution in [3.8, 4) is 0 Å². The van der Waals surface area contributed by atoms with Gasteiger partial charge in [0.2, 0.25) is 0 Å². The van der Waals surface area contributed by atoms with Crippen LogP contribution < -0.4 is 5.32 Å². The lowest BCUT2D eigenvalue weighted by Crippen LogP contribution is -2.54. The van der Waals surface area contributed by atoms with E-state index in [0.717, 1.165) is 6.20 Å². The van der Waals surface area contributed by atoms with Gasteiger partial charge in [-0.05, 0) is 23.8 Å². The van der Waals surface area contributed by atoms with Gasteiger partial charge in [-0.2, -0.15) is 26.3 Å². The number of nitrogens with zero attached hydrogens (tertiary/aromatic N) is 1. The number of hydrogen-bond acceptors (Lipinski definition) is 3. The van der Waals surface area contributed by atoms with E-state index in [0.29, 0.717) is 18.3 Å². The average molecular weight is 414 g/mol. The fourth-order valence-corrected chi connectivity index (χ4v) is 2.19. The Labute approximate surface area is 151 Å². The lowest BCUT2D eigenvalue weighted by Gasteiger charge is -2.29. The molecule has 0 fully saturated rings. The second-order valence-corrected chi connectivity index (χ2v) is 5.60. The normalized spacial score (nSPS) is 14.5. The summed E-state index contributed by atoms with van der Waals surface area (Å²) < 4.78 is 104. The molecule has 0 spiro atoms. The monoisotopic (exact) mass is 414 g/mol. The quantitative estimate of drug-likeness (QED) is 0.754. The van der Waals surface area contributed by atoms with Crippen LogP contribution in [0.15, 0.2) is 36.7 Å². The van der Waals surface area contributed by atoms with Crippen molar-refractivity contribution in [2.24, 2.45) is 0 Å². The highest BCUT2D eigenvalue weighted by molar-refractivity contribution is 5.87. The predicted molar refractivity (Wildman–Crippen MR) is 77.4 cm³/mol. The molecule has 0 saturated carbocycles. The first kappa shape index (κ1) is 21.5. The summed E-state index contributed by atoms with van der Waals surface area (Å²) in [6.07, 6.45) is -9.09. The van der Waals surface area contributed by atoms with E-state index in [1.807, 2.05) is 0 Å². The van der Waals surface area contributed by atoms with Crippen LogP contribution in [0, 0.1) is 11.6 Å². The van der Waals surface area contributed by atoms with Crippen molar-refractivity contribution in [2.45, 2.75) is 24.5 Å². The number of amides is 1. The molecule has 1 aromatic carbocycles. The van der Waals surface area contributed by atoms with Crippen molar-refractivity contribution in [1.82, 2.24) is 10.3 Å². The number of alkyl halides is 6. The maximum absolute atomic E-state index is 13.3. The van der Waals surface area contributed by atoms with E-state index in [1.54, 1.807) is 5.32 Å². The highest BCUT2D eigenvalue weighted by Crippen LogP contribution is 2.39. The molecule has 1 amide bonds. The van der Waals surface area contributed by atoms with E-state index in [4.69, 9.17) is 0 Å². The number of nitrogens with one attached hydrogen (secondary N) is 1. The zero-order chi connectivity index (χ0) is 21.3. The summed E-state index contributed by atoms with van der Waals surface area (Å²) in [4.78, 5) is 15.3. The lowest BCUT2D eigenvalue weighted by molar-refractivity contribution is -0.257. The second kappa shape index (κ2) is 7.34. The Hall–Kier alpha value is -2.76. The highest BCUT2D eigenvalue weighted by atomic mass is 19.4. The van der Waals surface area contributed by atoms with Gasteiger partial charge in [0.15, 0.2) is 11.6 Å². The Morgan fingerprint density at radius 2 is 1.61 bits per heavy atom. The number of pyridine rings is 1. The van der Waals surface area contributed by atoms with Crippen molar-refractivity contribution in [3.63, 3.8) is 0 Å². The molecule has 0 aliphatic carbocycles. The zero-order valence-corrected chi connectivity index (χ0v) is 13.5. The summed E-state index contributed by atoms with van der Waals surface area (Å²) in [6.45, 7) is -0.849. The smallest absolute Gasteiger partial charge is 0.369 e. The van der Waals surface area contributed by atoms with Crippen molar-refractivity contribution >= 4 is 5.91 Å². The minimum atomic E-state index is -5.65. The Balaban J connectivity index is 2.31. The van der Waals surface area contributed by atoms with Crippen molar-refractivity contribution in [3.05, 3.63) is 65.0 Å². The summed E-state index contributed by atoms with van der Waals surface area (Å²) in [5.74, 6) is -5.35. The molecule has 4 nitrogen and oxygen atoms in total. The van der Waals surface area contributed by atoms with Crippen LogP contribution in [0.5, 0.6) is 0 Å². The summed E-state index contributed by atoms with van der Waals surface area (Å²) in [5.41, 5.74) is -7.08. The van der Waals surface area contributed by atoms with Gasteiger partial charge in [0.25, 0.3) is 11.5 Å². The van der Waals surface area contributed by atoms with Gasteiger partial charge >= 0.3 is 12.4 Å². The Morgan fingerprint density at radius 1 is 0.964 bits per heavy atom. The number of carbonyl (C=O) groups is 1. The molecule has 0 bridgehead atoms. The van der Waals surface area contributed by atoms with Crippen LogP contribution in [0.4, 0.5) is 35.1 Å². The third-order valence-electron chi connectivity index (χ3n) is 3.65. The average Bonchev–Trinajstić information content (AvgIpc) is 2.59. The first-order valence-electron chi connectivity index (χ1n) is 7.31. The molecule has 2 N–H and O–H groups in total. The van der Waals surface area contributed by atoms with E-state index in [9.17, 15) is 45.0 Å². The molecule has 28 heavy (non-hydrogen) atoms. The maximum Gasteiger partial charge on any atom is 0.430 e. The fraction of sp³-hybridized carbons (Fsp3) is 0.250. The van der Waals surface area contributed by atoms with Gasteiger partial charge in [0, 0.05) is 24.5 Å². The van der Waals surface area contributed by atoms with Crippen molar-refractivity contribution in [1.29, 1.82) is 0 Å². The highest BCUT2D eigenvalue weighted by Gasteiger charge is 2.61. The summed E-state index contributed by atoms with van der Waals surface area (Å²) in [5, 5.41) is 11.6. The Morgan fingerprint density at radius 3 is 2.14 bits per heavy atom. The standard InChI is InChI=1S/C16H10F8N2O2/c17-11-2-1-9(4-12(11)18)14(28,16(22,23)24)13(27)26-6-8-3-10(7-25-5-8)15(19,20)21/h1-5,7,28H,6H2,(H,26,27)/t14-/m0/s1. The van der Waals surface area contributed by atoms with Gasteiger partial charge in [-0.1, -0.05) is 6.07 Å². The van der Waals surface area contributed by atoms with Crippen LogP contribution in [-0.2, 0) is 23.1 Å². The molecule has 0 radical (unpaired) electrons. The first-order chi connectivity index (χ1) is 12.8. The van der Waals surface area contributed by atoms with Gasteiger partial charge in [-0.15, -0.1) is 0 Å². The van der Waals surface area contributed by atoms with Crippen LogP contribution in [-0.4, -0.2) is 22.2 Å². The van der Waals surface area contributed by atoms with Crippen LogP contribution in [0.1, 0.15) is 16.7 Å². The molecule has 0 saturated heterocycles. The summed E-state index contributed by atoms with van der Waals surface area (Å²) in [7, 11) is 0. The number of benzene rings is 1. The molecular weight excluding hydrogens is 404 g/mol. The molecule has 152 valence electrons.